The summed E-state index contributed by atoms with van der Waals surface area (Å²) in [5.74, 6) is -0.851. The zero-order valence-electron chi connectivity index (χ0n) is 18.8. The van der Waals surface area contributed by atoms with Crippen molar-refractivity contribution in [1.29, 1.82) is 0 Å². The lowest BCUT2D eigenvalue weighted by molar-refractivity contribution is -0.126. The van der Waals surface area contributed by atoms with Gasteiger partial charge in [-0.05, 0) is 48.9 Å². The van der Waals surface area contributed by atoms with Crippen LogP contribution < -0.4 is 14.7 Å². The predicted octanol–water partition coefficient (Wildman–Crippen LogP) is 4.62. The summed E-state index contributed by atoms with van der Waals surface area (Å²) in [6.07, 6.45) is 1.00. The molecule has 1 N–H and O–H groups in total. The van der Waals surface area contributed by atoms with Crippen molar-refractivity contribution in [1.82, 2.24) is 0 Å². The molecular weight excluding hydrogens is 432 g/mol. The Hall–Kier alpha value is -3.84. The van der Waals surface area contributed by atoms with E-state index in [0.717, 1.165) is 12.8 Å². The topological polar surface area (TPSA) is 79.3 Å². The molecule has 3 aromatic rings. The molecule has 2 saturated heterocycles. The van der Waals surface area contributed by atoms with Crippen LogP contribution in [0, 0.1) is 5.92 Å². The fourth-order valence-electron chi connectivity index (χ4n) is 4.55. The molecule has 0 radical (unpaired) electrons. The van der Waals surface area contributed by atoms with Gasteiger partial charge in [0.15, 0.2) is 6.10 Å². The Balaban J connectivity index is 1.47. The van der Waals surface area contributed by atoms with Gasteiger partial charge in [-0.3, -0.25) is 14.4 Å². The Morgan fingerprint density at radius 2 is 1.59 bits per heavy atom. The van der Waals surface area contributed by atoms with E-state index in [1.807, 2.05) is 30.3 Å². The van der Waals surface area contributed by atoms with Crippen molar-refractivity contribution >= 4 is 23.2 Å². The SMILES string of the molecule is CCCCOc1ccc(N2C(=O)[C@H]3[C@@H](ON(c4ccccc4)[C@H]3c3ccccc3O)C2=O)cc1. The number of unbranched alkanes of at least 4 members (excludes halogenated alkanes) is 1. The van der Waals surface area contributed by atoms with Crippen molar-refractivity contribution in [2.75, 3.05) is 16.6 Å². The van der Waals surface area contributed by atoms with Gasteiger partial charge in [0.1, 0.15) is 17.4 Å². The molecule has 2 aliphatic heterocycles. The molecular formula is C27H26N2O5. The number of anilines is 2. The summed E-state index contributed by atoms with van der Waals surface area (Å²) in [5, 5.41) is 12.2. The molecule has 34 heavy (non-hydrogen) atoms. The molecule has 3 aromatic carbocycles. The van der Waals surface area contributed by atoms with E-state index in [1.165, 1.54) is 4.90 Å². The number of hydrogen-bond donors (Lipinski definition) is 1. The molecule has 2 fully saturated rings. The molecule has 2 amide bonds. The largest absolute Gasteiger partial charge is 0.508 e. The third-order valence-electron chi connectivity index (χ3n) is 6.24. The summed E-state index contributed by atoms with van der Waals surface area (Å²) in [6.45, 7) is 2.71. The number of phenolic OH excluding ortho intramolecular Hbond substituents is 1. The van der Waals surface area contributed by atoms with Gasteiger partial charge in [-0.15, -0.1) is 0 Å². The molecule has 7 nitrogen and oxygen atoms in total. The number of carbonyl (C=O) groups excluding carboxylic acids is 2. The molecule has 0 bridgehead atoms. The van der Waals surface area contributed by atoms with Gasteiger partial charge in [0.2, 0.25) is 5.91 Å². The van der Waals surface area contributed by atoms with Gasteiger partial charge in [0.25, 0.3) is 5.91 Å². The van der Waals surface area contributed by atoms with Crippen molar-refractivity contribution in [2.24, 2.45) is 5.92 Å². The van der Waals surface area contributed by atoms with Gasteiger partial charge >= 0.3 is 0 Å². The smallest absolute Gasteiger partial charge is 0.266 e. The van der Waals surface area contributed by atoms with Gasteiger partial charge in [0, 0.05) is 5.56 Å². The number of ether oxygens (including phenoxy) is 1. The average Bonchev–Trinajstić information content (AvgIpc) is 3.36. The van der Waals surface area contributed by atoms with Crippen LogP contribution in [0.1, 0.15) is 31.4 Å². The Morgan fingerprint density at radius 3 is 2.29 bits per heavy atom. The fraction of sp³-hybridized carbons (Fsp3) is 0.259. The number of carbonyl (C=O) groups is 2. The highest BCUT2D eigenvalue weighted by Gasteiger charge is 2.60. The van der Waals surface area contributed by atoms with Crippen molar-refractivity contribution in [3.63, 3.8) is 0 Å². The second-order valence-electron chi connectivity index (χ2n) is 8.42. The maximum absolute atomic E-state index is 13.7. The quantitative estimate of drug-likeness (QED) is 0.411. The molecule has 0 unspecified atom stereocenters. The second kappa shape index (κ2) is 9.19. The lowest BCUT2D eigenvalue weighted by atomic mass is 9.90. The number of amides is 2. The van der Waals surface area contributed by atoms with Crippen molar-refractivity contribution in [3.05, 3.63) is 84.4 Å². The molecule has 5 rings (SSSR count). The van der Waals surface area contributed by atoms with Crippen LogP contribution >= 0.6 is 0 Å². The number of rotatable bonds is 7. The molecule has 0 spiro atoms. The highest BCUT2D eigenvalue weighted by Crippen LogP contribution is 2.49. The number of fused-ring (bicyclic) bond motifs is 1. The minimum Gasteiger partial charge on any atom is -0.508 e. The number of benzene rings is 3. The molecule has 7 heteroatoms. The second-order valence-corrected chi connectivity index (χ2v) is 8.42. The van der Waals surface area contributed by atoms with Crippen LogP contribution in [0.25, 0.3) is 0 Å². The van der Waals surface area contributed by atoms with E-state index in [2.05, 4.69) is 6.92 Å². The van der Waals surface area contributed by atoms with Crippen LogP contribution in [-0.4, -0.2) is 29.6 Å². The predicted molar refractivity (Wildman–Crippen MR) is 127 cm³/mol. The Bertz CT molecular complexity index is 1180. The number of phenols is 1. The summed E-state index contributed by atoms with van der Waals surface area (Å²) in [6, 6.07) is 22.4. The van der Waals surface area contributed by atoms with Crippen molar-refractivity contribution in [3.8, 4) is 11.5 Å². The summed E-state index contributed by atoms with van der Waals surface area (Å²) in [5.41, 5.74) is 1.70. The van der Waals surface area contributed by atoms with Crippen LogP contribution in [-0.2, 0) is 14.4 Å². The van der Waals surface area contributed by atoms with E-state index in [9.17, 15) is 14.7 Å². The lowest BCUT2D eigenvalue weighted by Crippen LogP contribution is -2.37. The van der Waals surface area contributed by atoms with E-state index < -0.39 is 24.0 Å². The number of imide groups is 1. The molecule has 2 heterocycles. The summed E-state index contributed by atoms with van der Waals surface area (Å²) in [4.78, 5) is 34.3. The van der Waals surface area contributed by atoms with Gasteiger partial charge < -0.3 is 9.84 Å². The van der Waals surface area contributed by atoms with E-state index in [1.54, 1.807) is 53.6 Å². The molecule has 2 aliphatic rings. The Morgan fingerprint density at radius 1 is 0.882 bits per heavy atom. The third kappa shape index (κ3) is 3.78. The lowest BCUT2D eigenvalue weighted by Gasteiger charge is -2.29. The monoisotopic (exact) mass is 458 g/mol. The van der Waals surface area contributed by atoms with Crippen LogP contribution in [0.3, 0.4) is 0 Å². The average molecular weight is 459 g/mol. The van der Waals surface area contributed by atoms with Crippen molar-refractivity contribution in [2.45, 2.75) is 31.9 Å². The van der Waals surface area contributed by atoms with Gasteiger partial charge in [-0.1, -0.05) is 49.7 Å². The van der Waals surface area contributed by atoms with Crippen LogP contribution in [0.15, 0.2) is 78.9 Å². The fourth-order valence-corrected chi connectivity index (χ4v) is 4.55. The number of hydroxylamine groups is 1. The molecule has 0 aliphatic carbocycles. The highest BCUT2D eigenvalue weighted by atomic mass is 16.7. The van der Waals surface area contributed by atoms with Crippen LogP contribution in [0.5, 0.6) is 11.5 Å². The number of aromatic hydroxyl groups is 1. The minimum absolute atomic E-state index is 0.0463. The molecule has 0 aromatic heterocycles. The highest BCUT2D eigenvalue weighted by molar-refractivity contribution is 6.24. The van der Waals surface area contributed by atoms with E-state index in [-0.39, 0.29) is 11.7 Å². The zero-order valence-corrected chi connectivity index (χ0v) is 18.8. The summed E-state index contributed by atoms with van der Waals surface area (Å²) in [7, 11) is 0. The van der Waals surface area contributed by atoms with Crippen LogP contribution in [0.2, 0.25) is 0 Å². The first-order valence-electron chi connectivity index (χ1n) is 11.5. The standard InChI is InChI=1S/C27H26N2O5/c1-2-3-17-33-20-15-13-18(14-16-20)28-26(31)23-24(21-11-7-8-12-22(21)30)29(34-25(23)27(28)32)19-9-5-4-6-10-19/h4-16,23-25,30H,2-3,17H2,1H3/t23-,24+,25-/m1/s1. The van der Waals surface area contributed by atoms with E-state index in [4.69, 9.17) is 9.57 Å². The first-order chi connectivity index (χ1) is 16.6. The molecule has 3 atom stereocenters. The Labute approximate surface area is 198 Å². The van der Waals surface area contributed by atoms with Crippen molar-refractivity contribution < 1.29 is 24.3 Å². The number of nitrogens with zero attached hydrogens (tertiary/aromatic N) is 2. The minimum atomic E-state index is -0.988. The normalized spacial score (nSPS) is 21.7. The summed E-state index contributed by atoms with van der Waals surface area (Å²) < 4.78 is 5.70. The maximum atomic E-state index is 13.7. The van der Waals surface area contributed by atoms with Gasteiger partial charge in [0.05, 0.1) is 24.0 Å². The molecule has 174 valence electrons. The third-order valence-corrected chi connectivity index (χ3v) is 6.24. The zero-order chi connectivity index (χ0) is 23.7. The number of hydrogen-bond acceptors (Lipinski definition) is 6. The molecule has 0 saturated carbocycles. The number of para-hydroxylation sites is 2. The Kier molecular flexibility index (Phi) is 5.94. The first kappa shape index (κ1) is 22.0. The maximum Gasteiger partial charge on any atom is 0.266 e. The van der Waals surface area contributed by atoms with Crippen LogP contribution in [0.4, 0.5) is 11.4 Å². The summed E-state index contributed by atoms with van der Waals surface area (Å²) >= 11 is 0. The van der Waals surface area contributed by atoms with E-state index >= 15 is 0 Å². The first-order valence-corrected chi connectivity index (χ1v) is 11.5. The van der Waals surface area contributed by atoms with E-state index in [0.29, 0.717) is 29.3 Å². The van der Waals surface area contributed by atoms with Gasteiger partial charge in [-0.25, -0.2) is 9.96 Å². The van der Waals surface area contributed by atoms with Gasteiger partial charge in [-0.2, -0.15) is 0 Å².